The van der Waals surface area contributed by atoms with Crippen LogP contribution in [0.5, 0.6) is 40.6 Å². The van der Waals surface area contributed by atoms with Crippen molar-refractivity contribution in [3.8, 4) is 86.2 Å². The number of alkyl halides is 3. The summed E-state index contributed by atoms with van der Waals surface area (Å²) in [6.07, 6.45) is 24.9. The van der Waals surface area contributed by atoms with Gasteiger partial charge in [-0.15, -0.1) is 0 Å². The Labute approximate surface area is 658 Å². The molecule has 0 aromatic carbocycles. The monoisotopic (exact) mass is 1560 g/mol. The molecular weight excluding hydrogens is 1460 g/mol. The third kappa shape index (κ3) is 23.3. The van der Waals surface area contributed by atoms with Crippen LogP contribution in [0, 0.1) is 0 Å². The number of rotatable bonds is 33. The Balaban J connectivity index is 0.000000162. The van der Waals surface area contributed by atoms with Crippen LogP contribution in [0.1, 0.15) is 115 Å². The molecule has 1 N–H and O–H groups in total. The number of hydrogen-bond acceptors (Lipinski definition) is 22. The number of pyridine rings is 8. The Morgan fingerprint density at radius 3 is 1.47 bits per heavy atom. The van der Waals surface area contributed by atoms with Gasteiger partial charge >= 0.3 is 6.18 Å². The number of H-pyrrole nitrogens is 1. The number of carbonyl (C=O) groups excluding carboxylic acids is 1. The van der Waals surface area contributed by atoms with Gasteiger partial charge in [0.25, 0.3) is 0 Å². The molecule has 1 aliphatic heterocycles. The SMILES string of the molecule is C=Cc1cc(=O)[nH]cc1OCc1cccnc1-c1ccnn1C(C)C.C=Cc1cc(OC)ncc1OCc1cccnc1-c1ccn(CC(F)(F)F)n1.C=Cc1cc(OCCN2CCCCC2)ncc1OCc1cccnc1-c1ccnn1C(C)C.CCn1nccc1-c1ncccc1COc1cnc(OCCOC)cc1C=O. The van der Waals surface area contributed by atoms with Gasteiger partial charge in [-0.3, -0.25) is 53.2 Å². The van der Waals surface area contributed by atoms with Crippen molar-refractivity contribution in [2.45, 2.75) is 112 Å². The van der Waals surface area contributed by atoms with Gasteiger partial charge < -0.3 is 42.9 Å². The van der Waals surface area contributed by atoms with Crippen molar-refractivity contribution < 1.29 is 55.9 Å². The van der Waals surface area contributed by atoms with Crippen molar-refractivity contribution in [3.05, 3.63) is 246 Å². The molecule has 0 radical (unpaired) electrons. The molecule has 1 aliphatic rings. The molecule has 13 rings (SSSR count). The van der Waals surface area contributed by atoms with Crippen LogP contribution >= 0.6 is 0 Å². The van der Waals surface area contributed by atoms with Crippen molar-refractivity contribution in [2.75, 3.05) is 53.7 Å². The molecule has 27 nitrogen and oxygen atoms in total. The number of likely N-dealkylation sites (tertiary alicyclic amines) is 1. The summed E-state index contributed by atoms with van der Waals surface area (Å²) in [5.74, 6) is 3.49. The number of hydrogen-bond donors (Lipinski definition) is 1. The van der Waals surface area contributed by atoms with E-state index in [-0.39, 0.29) is 30.9 Å². The predicted molar refractivity (Wildman–Crippen MR) is 427 cm³/mol. The first-order valence-electron chi connectivity index (χ1n) is 36.9. The molecule has 12 aromatic heterocycles. The van der Waals surface area contributed by atoms with Gasteiger partial charge in [0.15, 0.2) is 6.29 Å². The molecule has 1 saturated heterocycles. The molecule has 0 bridgehead atoms. The summed E-state index contributed by atoms with van der Waals surface area (Å²) in [5.41, 5.74) is 12.0. The molecule has 0 atom stereocenters. The minimum absolute atomic E-state index is 0.129. The molecule has 13 heterocycles. The van der Waals surface area contributed by atoms with E-state index < -0.39 is 12.7 Å². The molecule has 0 unspecified atom stereocenters. The molecule has 0 spiro atoms. The molecule has 1 fully saturated rings. The van der Waals surface area contributed by atoms with Crippen molar-refractivity contribution in [1.29, 1.82) is 0 Å². The summed E-state index contributed by atoms with van der Waals surface area (Å²) in [4.78, 5) is 58.5. The van der Waals surface area contributed by atoms with Crippen LogP contribution in [0.15, 0.2) is 196 Å². The quantitative estimate of drug-likeness (QED) is 0.0295. The number of nitrogens with one attached hydrogen (secondary N) is 1. The summed E-state index contributed by atoms with van der Waals surface area (Å²) in [6.45, 7) is 27.1. The zero-order valence-electron chi connectivity index (χ0n) is 64.7. The number of carbonyl (C=O) groups is 1. The van der Waals surface area contributed by atoms with Crippen molar-refractivity contribution in [1.82, 2.24) is 83.9 Å². The first-order valence-corrected chi connectivity index (χ1v) is 36.9. The second-order valence-electron chi connectivity index (χ2n) is 26.1. The van der Waals surface area contributed by atoms with Gasteiger partial charge in [0.2, 0.25) is 23.2 Å². The first kappa shape index (κ1) is 83.5. The van der Waals surface area contributed by atoms with Gasteiger partial charge in [-0.2, -0.15) is 33.6 Å². The highest BCUT2D eigenvalue weighted by Gasteiger charge is 2.29. The van der Waals surface area contributed by atoms with Crippen LogP contribution < -0.4 is 38.7 Å². The van der Waals surface area contributed by atoms with Gasteiger partial charge in [0.05, 0.1) is 77.7 Å². The molecule has 0 saturated carbocycles. The largest absolute Gasteiger partial charge is 0.487 e. The zero-order valence-corrected chi connectivity index (χ0v) is 64.7. The zero-order chi connectivity index (χ0) is 80.8. The van der Waals surface area contributed by atoms with Crippen molar-refractivity contribution in [3.63, 3.8) is 0 Å². The average Bonchev–Trinajstić information content (AvgIpc) is 1.62. The molecule has 114 heavy (non-hydrogen) atoms. The maximum absolute atomic E-state index is 12.5. The summed E-state index contributed by atoms with van der Waals surface area (Å²) in [7, 11) is 3.10. The lowest BCUT2D eigenvalue weighted by atomic mass is 10.1. The third-order valence-electron chi connectivity index (χ3n) is 17.6. The number of aryl methyl sites for hydroxylation is 1. The fraction of sp³-hybridized carbons (Fsp3) is 0.298. The topological polar surface area (TPSA) is 289 Å². The summed E-state index contributed by atoms with van der Waals surface area (Å²) in [5, 5.41) is 17.1. The second kappa shape index (κ2) is 41.9. The lowest BCUT2D eigenvalue weighted by Gasteiger charge is -2.26. The fourth-order valence-electron chi connectivity index (χ4n) is 11.9. The van der Waals surface area contributed by atoms with Crippen LogP contribution in [0.4, 0.5) is 13.2 Å². The molecular formula is C84H92F3N17O10. The number of nitrogens with zero attached hydrogens (tertiary/aromatic N) is 16. The Kier molecular flexibility index (Phi) is 30.7. The number of aromatic amines is 1. The first-order chi connectivity index (χ1) is 55.4. The maximum atomic E-state index is 12.5. The van der Waals surface area contributed by atoms with Gasteiger partial charge in [0.1, 0.15) is 74.9 Å². The number of aromatic nitrogens is 16. The van der Waals surface area contributed by atoms with E-state index in [9.17, 15) is 22.8 Å². The van der Waals surface area contributed by atoms with E-state index in [1.54, 1.807) is 105 Å². The summed E-state index contributed by atoms with van der Waals surface area (Å²) < 4.78 is 89.3. The minimum atomic E-state index is -4.35. The van der Waals surface area contributed by atoms with Crippen LogP contribution in [-0.2, 0) is 44.3 Å². The van der Waals surface area contributed by atoms with E-state index in [1.165, 1.54) is 57.1 Å². The highest BCUT2D eigenvalue weighted by atomic mass is 19.4. The molecule has 30 heteroatoms. The van der Waals surface area contributed by atoms with Gasteiger partial charge in [-0.1, -0.05) is 68.7 Å². The van der Waals surface area contributed by atoms with E-state index in [0.29, 0.717) is 107 Å². The third-order valence-corrected chi connectivity index (χ3v) is 17.6. The van der Waals surface area contributed by atoms with E-state index in [4.69, 9.17) is 37.9 Å². The lowest BCUT2D eigenvalue weighted by Crippen LogP contribution is -2.33. The van der Waals surface area contributed by atoms with Crippen LogP contribution in [0.2, 0.25) is 0 Å². The number of piperidine rings is 1. The Morgan fingerprint density at radius 1 is 0.518 bits per heavy atom. The Bertz CT molecular complexity index is 5160. The molecule has 12 aromatic rings. The summed E-state index contributed by atoms with van der Waals surface area (Å²) in [6, 6.07) is 29.5. The van der Waals surface area contributed by atoms with E-state index in [1.807, 2.05) is 81.6 Å². The Hall–Kier alpha value is -13.0. The van der Waals surface area contributed by atoms with Gasteiger partial charge in [0, 0.05) is 151 Å². The molecule has 594 valence electrons. The van der Waals surface area contributed by atoms with E-state index >= 15 is 0 Å². The number of ether oxygens (including phenoxy) is 8. The molecule has 0 aliphatic carbocycles. The van der Waals surface area contributed by atoms with Crippen LogP contribution in [0.3, 0.4) is 0 Å². The van der Waals surface area contributed by atoms with Crippen LogP contribution in [-0.4, -0.2) is 150 Å². The second-order valence-corrected chi connectivity index (χ2v) is 26.1. The highest BCUT2D eigenvalue weighted by molar-refractivity contribution is 5.79. The number of aldehydes is 1. The maximum Gasteiger partial charge on any atom is 0.408 e. The van der Waals surface area contributed by atoms with Crippen LogP contribution in [0.25, 0.3) is 63.8 Å². The highest BCUT2D eigenvalue weighted by Crippen LogP contribution is 2.32. The smallest absolute Gasteiger partial charge is 0.408 e. The van der Waals surface area contributed by atoms with Gasteiger partial charge in [-0.25, -0.2) is 15.0 Å². The summed E-state index contributed by atoms with van der Waals surface area (Å²) >= 11 is 0. The van der Waals surface area contributed by atoms with E-state index in [2.05, 4.69) is 113 Å². The average molecular weight is 1560 g/mol. The van der Waals surface area contributed by atoms with Crippen molar-refractivity contribution in [2.24, 2.45) is 0 Å². The normalized spacial score (nSPS) is 11.9. The number of methoxy groups -OCH3 is 2. The van der Waals surface area contributed by atoms with E-state index in [0.717, 1.165) is 93.6 Å². The lowest BCUT2D eigenvalue weighted by molar-refractivity contribution is -0.142. The standard InChI is InChI=1S/C26H33N5O2.C20H22N4O4.C19H17F3N4O2.C19H20N4O2/c1-4-21-17-25(32-16-15-30-13-6-5-7-14-30)28-18-24(21)33-19-22-9-8-11-27-26(22)23-10-12-29-31(23)20(2)3;1-3-24-17(6-8-23-24)20-15(5-4-7-21-20)14-28-18-12-22-19(11-16(18)13-25)27-10-9-26-2;1-3-13-9-17(27-2)24-10-16(13)28-11-14-5-4-7-23-18(14)15-6-8-26(25-15)12-19(20,21)22;1-4-14-10-18(24)21-11-17(14)25-12-15-6-5-8-20-19(15)16-7-9-22-23(16)13(2)3/h4,8-12,17-18,20H,1,5-7,13-16,19H2,2-3H3;4-8,11-13H,3,9-10,14H2,1-2H3;3-10H,1,11-12H2,2H3;4-11,13H,1,12H2,2-3H3,(H,21,24). The predicted octanol–water partition coefficient (Wildman–Crippen LogP) is 15.4. The number of halogens is 3. The van der Waals surface area contributed by atoms with Gasteiger partial charge in [-0.05, 0) is 109 Å². The van der Waals surface area contributed by atoms with Crippen molar-refractivity contribution >= 4 is 24.5 Å². The Morgan fingerprint density at radius 2 is 0.974 bits per heavy atom. The fourth-order valence-corrected chi connectivity index (χ4v) is 11.9. The molecule has 0 amide bonds. The minimum Gasteiger partial charge on any atom is -0.487 e.